The number of anilines is 1. The van der Waals surface area contributed by atoms with Crippen molar-refractivity contribution in [2.75, 3.05) is 11.1 Å². The van der Waals surface area contributed by atoms with Crippen molar-refractivity contribution in [3.8, 4) is 17.2 Å². The molecular formula is C26H24FN3O4S. The number of hydrogen-bond donors (Lipinski definition) is 1. The average Bonchev–Trinajstić information content (AvgIpc) is 3.25. The van der Waals surface area contributed by atoms with Crippen LogP contribution in [0.2, 0.25) is 0 Å². The number of amides is 1. The van der Waals surface area contributed by atoms with Crippen LogP contribution in [-0.2, 0) is 21.1 Å². The van der Waals surface area contributed by atoms with Crippen molar-refractivity contribution < 1.29 is 22.3 Å². The lowest BCUT2D eigenvalue weighted by atomic mass is 10.1. The number of hydrogen-bond acceptors (Lipinski definition) is 5. The molecule has 1 aromatic heterocycles. The number of aryl methyl sites for hydroxylation is 1. The van der Waals surface area contributed by atoms with Crippen molar-refractivity contribution in [2.24, 2.45) is 0 Å². The smallest absolute Gasteiger partial charge is 0.228 e. The van der Waals surface area contributed by atoms with Crippen molar-refractivity contribution in [3.05, 3.63) is 96.1 Å². The van der Waals surface area contributed by atoms with E-state index in [0.717, 1.165) is 5.69 Å². The molecule has 0 saturated heterocycles. The largest absolute Gasteiger partial charge is 0.455 e. The van der Waals surface area contributed by atoms with E-state index < -0.39 is 15.7 Å². The van der Waals surface area contributed by atoms with Crippen LogP contribution in [0.3, 0.4) is 0 Å². The van der Waals surface area contributed by atoms with E-state index in [9.17, 15) is 17.6 Å². The van der Waals surface area contributed by atoms with Gasteiger partial charge in [0.05, 0.1) is 22.8 Å². The zero-order chi connectivity index (χ0) is 25.0. The van der Waals surface area contributed by atoms with Gasteiger partial charge < -0.3 is 10.1 Å². The summed E-state index contributed by atoms with van der Waals surface area (Å²) in [5.74, 6) is -0.0101. The highest BCUT2D eigenvalue weighted by Gasteiger charge is 2.14. The number of halogens is 1. The van der Waals surface area contributed by atoms with Crippen LogP contribution in [0.15, 0.2) is 83.9 Å². The first-order valence-electron chi connectivity index (χ1n) is 10.9. The van der Waals surface area contributed by atoms with E-state index in [1.807, 2.05) is 13.0 Å². The molecule has 1 heterocycles. The molecule has 7 nitrogen and oxygen atoms in total. The molecule has 0 bridgehead atoms. The topological polar surface area (TPSA) is 90.3 Å². The van der Waals surface area contributed by atoms with E-state index in [2.05, 4.69) is 10.4 Å². The van der Waals surface area contributed by atoms with Crippen LogP contribution in [0, 0.1) is 12.7 Å². The second-order valence-corrected chi connectivity index (χ2v) is 10.2. The Balaban J connectivity index is 1.55. The molecular weight excluding hydrogens is 469 g/mol. The highest BCUT2D eigenvalue weighted by atomic mass is 32.2. The third kappa shape index (κ3) is 5.93. The Kier molecular flexibility index (Phi) is 6.97. The Hall–Kier alpha value is -3.98. The van der Waals surface area contributed by atoms with E-state index >= 15 is 0 Å². The lowest BCUT2D eigenvalue weighted by Crippen LogP contribution is -2.15. The summed E-state index contributed by atoms with van der Waals surface area (Å²) in [5, 5.41) is 7.24. The molecule has 9 heteroatoms. The summed E-state index contributed by atoms with van der Waals surface area (Å²) in [7, 11) is -3.30. The fraction of sp³-hybridized carbons (Fsp3) is 0.154. The predicted octanol–water partition coefficient (Wildman–Crippen LogP) is 5.09. The van der Waals surface area contributed by atoms with Gasteiger partial charge in [0, 0.05) is 24.0 Å². The molecule has 0 saturated carbocycles. The van der Waals surface area contributed by atoms with E-state index in [1.54, 1.807) is 60.3 Å². The third-order valence-electron chi connectivity index (χ3n) is 5.26. The summed E-state index contributed by atoms with van der Waals surface area (Å²) in [6, 6.07) is 19.0. The maximum Gasteiger partial charge on any atom is 0.228 e. The highest BCUT2D eigenvalue weighted by molar-refractivity contribution is 7.91. The van der Waals surface area contributed by atoms with Gasteiger partial charge in [0.2, 0.25) is 5.91 Å². The molecule has 0 unspecified atom stereocenters. The SMILES string of the molecule is CCS(=O)(=O)c1ccc(CC(=O)Nc2ccc(-n3ccc(C)n3)c(Oc3cccc(F)c3)c2)cc1. The first kappa shape index (κ1) is 24.2. The van der Waals surface area contributed by atoms with Crippen molar-refractivity contribution in [2.45, 2.75) is 25.2 Å². The van der Waals surface area contributed by atoms with Crippen LogP contribution in [0.25, 0.3) is 5.69 Å². The van der Waals surface area contributed by atoms with Gasteiger partial charge in [0.25, 0.3) is 0 Å². The lowest BCUT2D eigenvalue weighted by Gasteiger charge is -2.14. The summed E-state index contributed by atoms with van der Waals surface area (Å²) in [6.45, 7) is 3.45. The van der Waals surface area contributed by atoms with E-state index in [4.69, 9.17) is 4.74 Å². The van der Waals surface area contributed by atoms with Crippen LogP contribution in [0.4, 0.5) is 10.1 Å². The Morgan fingerprint density at radius 2 is 1.83 bits per heavy atom. The number of nitrogens with one attached hydrogen (secondary N) is 1. The zero-order valence-corrected chi connectivity index (χ0v) is 20.0. The molecule has 35 heavy (non-hydrogen) atoms. The number of carbonyl (C=O) groups excluding carboxylic acids is 1. The Morgan fingerprint density at radius 3 is 2.49 bits per heavy atom. The minimum absolute atomic E-state index is 0.0148. The van der Waals surface area contributed by atoms with E-state index in [0.29, 0.717) is 28.4 Å². The molecule has 0 aliphatic carbocycles. The second kappa shape index (κ2) is 10.1. The van der Waals surface area contributed by atoms with Crippen LogP contribution in [-0.4, -0.2) is 29.9 Å². The molecule has 4 rings (SSSR count). The van der Waals surface area contributed by atoms with Crippen LogP contribution in [0.5, 0.6) is 11.5 Å². The molecule has 4 aromatic rings. The molecule has 1 amide bonds. The number of rotatable bonds is 8. The van der Waals surface area contributed by atoms with E-state index in [1.165, 1.54) is 24.3 Å². The predicted molar refractivity (Wildman–Crippen MR) is 131 cm³/mol. The van der Waals surface area contributed by atoms with Gasteiger partial charge >= 0.3 is 0 Å². The van der Waals surface area contributed by atoms with Crippen LogP contribution >= 0.6 is 0 Å². The number of nitrogens with zero attached hydrogens (tertiary/aromatic N) is 2. The number of aromatic nitrogens is 2. The average molecular weight is 494 g/mol. The van der Waals surface area contributed by atoms with Gasteiger partial charge in [-0.25, -0.2) is 17.5 Å². The number of sulfone groups is 1. The maximum atomic E-state index is 13.7. The van der Waals surface area contributed by atoms with Gasteiger partial charge in [-0.3, -0.25) is 4.79 Å². The summed E-state index contributed by atoms with van der Waals surface area (Å²) in [6.07, 6.45) is 1.84. The summed E-state index contributed by atoms with van der Waals surface area (Å²) < 4.78 is 45.2. The first-order chi connectivity index (χ1) is 16.7. The Labute approximate surface area is 203 Å². The number of carbonyl (C=O) groups is 1. The molecule has 0 fully saturated rings. The van der Waals surface area contributed by atoms with Crippen molar-refractivity contribution >= 4 is 21.4 Å². The third-order valence-corrected chi connectivity index (χ3v) is 7.01. The fourth-order valence-electron chi connectivity index (χ4n) is 3.44. The summed E-state index contributed by atoms with van der Waals surface area (Å²) >= 11 is 0. The molecule has 1 N–H and O–H groups in total. The zero-order valence-electron chi connectivity index (χ0n) is 19.2. The van der Waals surface area contributed by atoms with Gasteiger partial charge in [-0.2, -0.15) is 5.10 Å². The quantitative estimate of drug-likeness (QED) is 0.369. The van der Waals surface area contributed by atoms with Gasteiger partial charge in [-0.05, 0) is 55.0 Å². The van der Waals surface area contributed by atoms with Gasteiger partial charge in [0.15, 0.2) is 15.6 Å². The van der Waals surface area contributed by atoms with Gasteiger partial charge in [-0.15, -0.1) is 0 Å². The van der Waals surface area contributed by atoms with Crippen molar-refractivity contribution in [1.29, 1.82) is 0 Å². The minimum atomic E-state index is -3.30. The Bertz CT molecular complexity index is 1460. The maximum absolute atomic E-state index is 13.7. The van der Waals surface area contributed by atoms with Crippen molar-refractivity contribution in [1.82, 2.24) is 9.78 Å². The molecule has 0 aliphatic heterocycles. The molecule has 0 spiro atoms. The first-order valence-corrected chi connectivity index (χ1v) is 12.6. The van der Waals surface area contributed by atoms with Crippen LogP contribution in [0.1, 0.15) is 18.2 Å². The van der Waals surface area contributed by atoms with Crippen molar-refractivity contribution in [3.63, 3.8) is 0 Å². The number of benzene rings is 3. The van der Waals surface area contributed by atoms with E-state index in [-0.39, 0.29) is 23.0 Å². The minimum Gasteiger partial charge on any atom is -0.455 e. The van der Waals surface area contributed by atoms with Gasteiger partial charge in [-0.1, -0.05) is 25.1 Å². The summed E-state index contributed by atoms with van der Waals surface area (Å²) in [5.41, 5.74) is 2.60. The molecule has 0 atom stereocenters. The normalized spacial score (nSPS) is 11.3. The fourth-order valence-corrected chi connectivity index (χ4v) is 4.33. The lowest BCUT2D eigenvalue weighted by molar-refractivity contribution is -0.115. The monoisotopic (exact) mass is 493 g/mol. The Morgan fingerprint density at radius 1 is 1.06 bits per heavy atom. The van der Waals surface area contributed by atoms with Gasteiger partial charge in [0.1, 0.15) is 17.3 Å². The molecule has 0 aliphatic rings. The molecule has 0 radical (unpaired) electrons. The highest BCUT2D eigenvalue weighted by Crippen LogP contribution is 2.31. The number of ether oxygens (including phenoxy) is 1. The van der Waals surface area contributed by atoms with Crippen LogP contribution < -0.4 is 10.1 Å². The standard InChI is InChI=1S/C26H24FN3O4S/c1-3-35(32,33)23-10-7-19(8-11-23)15-26(31)28-21-9-12-24(30-14-13-18(2)29-30)25(17-21)34-22-6-4-5-20(27)16-22/h4-14,16-17H,3,15H2,1-2H3,(H,28,31). The molecule has 3 aromatic carbocycles. The second-order valence-electron chi connectivity index (χ2n) is 7.92. The molecule has 180 valence electrons. The summed E-state index contributed by atoms with van der Waals surface area (Å²) in [4.78, 5) is 12.9.